The minimum atomic E-state index is -0.388. The van der Waals surface area contributed by atoms with Crippen molar-refractivity contribution in [2.75, 3.05) is 11.2 Å². The van der Waals surface area contributed by atoms with E-state index in [0.717, 1.165) is 4.90 Å². The van der Waals surface area contributed by atoms with Gasteiger partial charge in [-0.15, -0.1) is 0 Å². The first kappa shape index (κ1) is 18.0. The second-order valence-electron chi connectivity index (χ2n) is 5.42. The van der Waals surface area contributed by atoms with Gasteiger partial charge in [0.15, 0.2) is 5.82 Å². The molecular weight excluding hydrogens is 370 g/mol. The lowest BCUT2D eigenvalue weighted by Crippen LogP contribution is -2.30. The first-order valence-corrected chi connectivity index (χ1v) is 8.90. The standard InChI is InChI=1S/C18H16ClN5OS/c1-11-6-8-12(9-7-11)26-18-15(20)16(21-10-22-18)23-24-17(25)13-4-2-3-5-14(13)19/h2-10H,20H2,1H3,(H,24,25)(H,21,22,23). The van der Waals surface area contributed by atoms with E-state index in [0.29, 0.717) is 27.1 Å². The molecule has 0 unspecified atom stereocenters. The van der Waals surface area contributed by atoms with E-state index in [9.17, 15) is 4.79 Å². The largest absolute Gasteiger partial charge is 0.393 e. The smallest absolute Gasteiger partial charge is 0.271 e. The number of aryl methyl sites for hydroxylation is 1. The molecule has 0 spiro atoms. The highest BCUT2D eigenvalue weighted by atomic mass is 35.5. The van der Waals surface area contributed by atoms with Crippen LogP contribution in [0.3, 0.4) is 0 Å². The molecule has 0 aliphatic rings. The normalized spacial score (nSPS) is 10.4. The van der Waals surface area contributed by atoms with Gasteiger partial charge >= 0.3 is 0 Å². The zero-order chi connectivity index (χ0) is 18.5. The van der Waals surface area contributed by atoms with Crippen LogP contribution in [0.2, 0.25) is 5.02 Å². The molecule has 0 aliphatic carbocycles. The van der Waals surface area contributed by atoms with Crippen molar-refractivity contribution >= 4 is 40.8 Å². The first-order valence-electron chi connectivity index (χ1n) is 7.70. The predicted octanol–water partition coefficient (Wildman–Crippen LogP) is 3.93. The SMILES string of the molecule is Cc1ccc(Sc2ncnc(NNC(=O)c3ccccc3Cl)c2N)cc1. The van der Waals surface area contributed by atoms with E-state index < -0.39 is 0 Å². The summed E-state index contributed by atoms with van der Waals surface area (Å²) in [7, 11) is 0. The zero-order valence-electron chi connectivity index (χ0n) is 13.9. The number of rotatable bonds is 5. The van der Waals surface area contributed by atoms with Crippen LogP contribution in [0.5, 0.6) is 0 Å². The van der Waals surface area contributed by atoms with E-state index in [1.165, 1.54) is 23.7 Å². The second-order valence-corrected chi connectivity index (χ2v) is 6.88. The molecule has 3 rings (SSSR count). The summed E-state index contributed by atoms with van der Waals surface area (Å²) in [5.41, 5.74) is 13.3. The molecular formula is C18H16ClN5OS. The summed E-state index contributed by atoms with van der Waals surface area (Å²) in [5.74, 6) is -0.0728. The number of hydrazine groups is 1. The Bertz CT molecular complexity index is 933. The molecule has 0 saturated heterocycles. The van der Waals surface area contributed by atoms with Crippen molar-refractivity contribution in [2.45, 2.75) is 16.8 Å². The molecule has 2 aromatic carbocycles. The average molecular weight is 386 g/mol. The van der Waals surface area contributed by atoms with Gasteiger partial charge in [0.25, 0.3) is 5.91 Å². The Balaban J connectivity index is 1.72. The molecule has 0 radical (unpaired) electrons. The molecule has 8 heteroatoms. The van der Waals surface area contributed by atoms with Gasteiger partial charge in [-0.2, -0.15) is 0 Å². The second kappa shape index (κ2) is 8.07. The zero-order valence-corrected chi connectivity index (χ0v) is 15.4. The topological polar surface area (TPSA) is 92.9 Å². The molecule has 0 aliphatic heterocycles. The highest BCUT2D eigenvalue weighted by molar-refractivity contribution is 7.99. The summed E-state index contributed by atoms with van der Waals surface area (Å²) in [6.07, 6.45) is 1.39. The molecule has 1 heterocycles. The molecule has 1 aromatic heterocycles. The fraction of sp³-hybridized carbons (Fsp3) is 0.0556. The van der Waals surface area contributed by atoms with E-state index in [1.54, 1.807) is 24.3 Å². The van der Waals surface area contributed by atoms with Gasteiger partial charge in [0.1, 0.15) is 17.0 Å². The van der Waals surface area contributed by atoms with Gasteiger partial charge in [-0.3, -0.25) is 15.6 Å². The van der Waals surface area contributed by atoms with Gasteiger partial charge in [-0.1, -0.05) is 53.2 Å². The third kappa shape index (κ3) is 4.25. The van der Waals surface area contributed by atoms with Crippen molar-refractivity contribution in [1.82, 2.24) is 15.4 Å². The molecule has 4 N–H and O–H groups in total. The number of hydrogen-bond donors (Lipinski definition) is 3. The summed E-state index contributed by atoms with van der Waals surface area (Å²) in [6, 6.07) is 14.8. The van der Waals surface area contributed by atoms with Crippen LogP contribution in [-0.2, 0) is 0 Å². The van der Waals surface area contributed by atoms with Crippen molar-refractivity contribution in [3.63, 3.8) is 0 Å². The molecule has 6 nitrogen and oxygen atoms in total. The van der Waals surface area contributed by atoms with E-state index in [4.69, 9.17) is 17.3 Å². The van der Waals surface area contributed by atoms with Gasteiger partial charge in [-0.25, -0.2) is 9.97 Å². The Kier molecular flexibility index (Phi) is 5.60. The van der Waals surface area contributed by atoms with Crippen LogP contribution >= 0.6 is 23.4 Å². The molecule has 132 valence electrons. The molecule has 0 fully saturated rings. The number of nitrogens with two attached hydrogens (primary N) is 1. The highest BCUT2D eigenvalue weighted by Gasteiger charge is 2.13. The van der Waals surface area contributed by atoms with Crippen molar-refractivity contribution in [1.29, 1.82) is 0 Å². The summed E-state index contributed by atoms with van der Waals surface area (Å²) in [4.78, 5) is 21.5. The Hall–Kier alpha value is -2.77. The van der Waals surface area contributed by atoms with Crippen LogP contribution in [-0.4, -0.2) is 15.9 Å². The number of benzene rings is 2. The van der Waals surface area contributed by atoms with Gasteiger partial charge in [-0.05, 0) is 31.2 Å². The molecule has 1 amide bonds. The maximum atomic E-state index is 12.2. The van der Waals surface area contributed by atoms with Crippen LogP contribution in [0.25, 0.3) is 0 Å². The monoisotopic (exact) mass is 385 g/mol. The van der Waals surface area contributed by atoms with Gasteiger partial charge in [0.05, 0.1) is 10.6 Å². The van der Waals surface area contributed by atoms with Gasteiger partial charge in [0, 0.05) is 4.90 Å². The first-order chi connectivity index (χ1) is 12.5. The van der Waals surface area contributed by atoms with E-state index in [2.05, 4.69) is 20.8 Å². The molecule has 0 bridgehead atoms. The lowest BCUT2D eigenvalue weighted by Gasteiger charge is -2.12. The van der Waals surface area contributed by atoms with E-state index in [-0.39, 0.29) is 5.91 Å². The minimum Gasteiger partial charge on any atom is -0.393 e. The van der Waals surface area contributed by atoms with Crippen molar-refractivity contribution in [3.05, 3.63) is 71.0 Å². The van der Waals surface area contributed by atoms with Crippen LogP contribution in [0.15, 0.2) is 64.8 Å². The summed E-state index contributed by atoms with van der Waals surface area (Å²) < 4.78 is 0. The van der Waals surface area contributed by atoms with Crippen molar-refractivity contribution < 1.29 is 4.79 Å². The molecule has 0 saturated carbocycles. The van der Waals surface area contributed by atoms with Gasteiger partial charge in [0.2, 0.25) is 0 Å². The summed E-state index contributed by atoms with van der Waals surface area (Å²) in [5, 5.41) is 0.955. The third-order valence-corrected chi connectivity index (χ3v) is 4.85. The number of halogens is 1. The quantitative estimate of drug-likeness (QED) is 0.455. The Labute approximate surface area is 160 Å². The van der Waals surface area contributed by atoms with Crippen LogP contribution in [0.4, 0.5) is 11.5 Å². The number of hydrogen-bond acceptors (Lipinski definition) is 6. The maximum absolute atomic E-state index is 12.2. The maximum Gasteiger partial charge on any atom is 0.271 e. The van der Waals surface area contributed by atoms with E-state index in [1.807, 2.05) is 31.2 Å². The number of nitrogen functional groups attached to an aromatic ring is 1. The fourth-order valence-electron chi connectivity index (χ4n) is 2.11. The summed E-state index contributed by atoms with van der Waals surface area (Å²) >= 11 is 7.44. The van der Waals surface area contributed by atoms with E-state index >= 15 is 0 Å². The highest BCUT2D eigenvalue weighted by Crippen LogP contribution is 2.32. The fourth-order valence-corrected chi connectivity index (χ4v) is 3.13. The molecule has 26 heavy (non-hydrogen) atoms. The number of nitrogens with one attached hydrogen (secondary N) is 2. The number of anilines is 2. The summed E-state index contributed by atoms with van der Waals surface area (Å²) in [6.45, 7) is 2.02. The Morgan fingerprint density at radius 1 is 1.12 bits per heavy atom. The van der Waals surface area contributed by atoms with Gasteiger partial charge < -0.3 is 5.73 Å². The Morgan fingerprint density at radius 2 is 1.85 bits per heavy atom. The average Bonchev–Trinajstić information content (AvgIpc) is 2.64. The number of amides is 1. The van der Waals surface area contributed by atoms with Crippen LogP contribution in [0, 0.1) is 6.92 Å². The number of carbonyl (C=O) groups excluding carboxylic acids is 1. The lowest BCUT2D eigenvalue weighted by atomic mass is 10.2. The van der Waals surface area contributed by atoms with Crippen LogP contribution < -0.4 is 16.6 Å². The molecule has 0 atom stereocenters. The predicted molar refractivity (Wildman–Crippen MR) is 104 cm³/mol. The number of nitrogens with zero attached hydrogens (tertiary/aromatic N) is 2. The lowest BCUT2D eigenvalue weighted by molar-refractivity contribution is 0.0962. The number of aromatic nitrogens is 2. The molecule has 3 aromatic rings. The van der Waals surface area contributed by atoms with Crippen molar-refractivity contribution in [3.8, 4) is 0 Å². The van der Waals surface area contributed by atoms with Crippen molar-refractivity contribution in [2.24, 2.45) is 0 Å². The minimum absolute atomic E-state index is 0.315. The Morgan fingerprint density at radius 3 is 2.58 bits per heavy atom. The third-order valence-electron chi connectivity index (χ3n) is 3.50. The van der Waals surface area contributed by atoms with Crippen LogP contribution in [0.1, 0.15) is 15.9 Å². The number of carbonyl (C=O) groups is 1.